The zero-order chi connectivity index (χ0) is 20.0. The van der Waals surface area contributed by atoms with Crippen LogP contribution < -0.4 is 5.32 Å². The maximum atomic E-state index is 13.6. The molecule has 0 bridgehead atoms. The number of ether oxygens (including phenoxy) is 1. The molecule has 5 nitrogen and oxygen atoms in total. The lowest BCUT2D eigenvalue weighted by Gasteiger charge is -2.20. The van der Waals surface area contributed by atoms with Crippen molar-refractivity contribution in [3.63, 3.8) is 0 Å². The first-order valence-electron chi connectivity index (χ1n) is 8.30. The normalized spacial score (nSPS) is 11.7. The molecule has 0 saturated heterocycles. The quantitative estimate of drug-likeness (QED) is 0.596. The molecule has 0 radical (unpaired) electrons. The van der Waals surface area contributed by atoms with Gasteiger partial charge in [0.2, 0.25) is 5.78 Å². The van der Waals surface area contributed by atoms with Crippen molar-refractivity contribution >= 4 is 17.7 Å². The number of Topliss-reactive ketones (excluding diaryl/α,β-unsaturated/α-hetero) is 1. The Balaban J connectivity index is 2.00. The minimum Gasteiger partial charge on any atom is -0.456 e. The number of halogens is 2. The molecule has 0 spiro atoms. The third kappa shape index (κ3) is 5.44. The molecule has 0 aliphatic carbocycles. The second-order valence-corrected chi connectivity index (χ2v) is 6.21. The van der Waals surface area contributed by atoms with Crippen LogP contribution in [0.15, 0.2) is 48.5 Å². The molecule has 0 fully saturated rings. The summed E-state index contributed by atoms with van der Waals surface area (Å²) in [5.41, 5.74) is -0.000900. The predicted octanol–water partition coefficient (Wildman–Crippen LogP) is 3.15. The smallest absolute Gasteiger partial charge is 0.329 e. The van der Waals surface area contributed by atoms with E-state index in [1.807, 2.05) is 0 Å². The van der Waals surface area contributed by atoms with E-state index in [9.17, 15) is 23.2 Å². The van der Waals surface area contributed by atoms with Gasteiger partial charge in [0, 0.05) is 5.56 Å². The second-order valence-electron chi connectivity index (χ2n) is 6.21. The van der Waals surface area contributed by atoms with Crippen LogP contribution in [0.1, 0.15) is 34.6 Å². The van der Waals surface area contributed by atoms with Crippen molar-refractivity contribution in [3.8, 4) is 0 Å². The average molecular weight is 375 g/mol. The molecule has 142 valence electrons. The van der Waals surface area contributed by atoms with Gasteiger partial charge >= 0.3 is 5.97 Å². The van der Waals surface area contributed by atoms with E-state index < -0.39 is 41.9 Å². The van der Waals surface area contributed by atoms with Crippen LogP contribution in [0.4, 0.5) is 8.78 Å². The van der Waals surface area contributed by atoms with E-state index in [2.05, 4.69) is 5.32 Å². The van der Waals surface area contributed by atoms with Crippen molar-refractivity contribution in [2.75, 3.05) is 6.61 Å². The highest BCUT2D eigenvalue weighted by Crippen LogP contribution is 2.10. The summed E-state index contributed by atoms with van der Waals surface area (Å²) in [6.45, 7) is 2.74. The Morgan fingerprint density at radius 3 is 2.22 bits per heavy atom. The van der Waals surface area contributed by atoms with E-state index in [-0.39, 0.29) is 17.0 Å². The molecule has 27 heavy (non-hydrogen) atoms. The number of amides is 1. The Morgan fingerprint density at radius 2 is 1.63 bits per heavy atom. The van der Waals surface area contributed by atoms with Crippen molar-refractivity contribution in [1.82, 2.24) is 5.32 Å². The van der Waals surface area contributed by atoms with Gasteiger partial charge in [0.15, 0.2) is 6.61 Å². The highest BCUT2D eigenvalue weighted by molar-refractivity contribution is 5.99. The summed E-state index contributed by atoms with van der Waals surface area (Å²) in [7, 11) is 0. The van der Waals surface area contributed by atoms with Crippen LogP contribution in [-0.2, 0) is 9.53 Å². The molecule has 1 unspecified atom stereocenters. The Hall–Kier alpha value is -3.09. The van der Waals surface area contributed by atoms with Gasteiger partial charge in [0.05, 0.1) is 5.56 Å². The van der Waals surface area contributed by atoms with Crippen LogP contribution in [0.2, 0.25) is 0 Å². The largest absolute Gasteiger partial charge is 0.456 e. The monoisotopic (exact) mass is 375 g/mol. The first-order valence-corrected chi connectivity index (χ1v) is 8.30. The van der Waals surface area contributed by atoms with Gasteiger partial charge in [-0.05, 0) is 42.3 Å². The zero-order valence-corrected chi connectivity index (χ0v) is 14.9. The molecule has 0 aliphatic heterocycles. The Labute approximate surface area is 155 Å². The summed E-state index contributed by atoms with van der Waals surface area (Å²) in [6.07, 6.45) is 0. The van der Waals surface area contributed by atoms with Gasteiger partial charge in [-0.3, -0.25) is 9.59 Å². The molecule has 2 aromatic rings. The zero-order valence-electron chi connectivity index (χ0n) is 14.9. The number of carbonyl (C=O) groups is 3. The maximum Gasteiger partial charge on any atom is 0.329 e. The number of hydrogen-bond donors (Lipinski definition) is 1. The molecular weight excluding hydrogens is 356 g/mol. The average Bonchev–Trinajstić information content (AvgIpc) is 2.64. The summed E-state index contributed by atoms with van der Waals surface area (Å²) in [4.78, 5) is 36.5. The van der Waals surface area contributed by atoms with E-state index in [4.69, 9.17) is 4.74 Å². The fourth-order valence-corrected chi connectivity index (χ4v) is 2.32. The van der Waals surface area contributed by atoms with Crippen molar-refractivity contribution in [2.24, 2.45) is 5.92 Å². The number of carbonyl (C=O) groups excluding carboxylic acids is 3. The lowest BCUT2D eigenvalue weighted by atomic mass is 10.0. The summed E-state index contributed by atoms with van der Waals surface area (Å²) in [5.74, 6) is -3.60. The Morgan fingerprint density at radius 1 is 1.00 bits per heavy atom. The molecule has 0 saturated carbocycles. The molecule has 0 aromatic heterocycles. The second kappa shape index (κ2) is 9.02. The van der Waals surface area contributed by atoms with Crippen LogP contribution in [0.25, 0.3) is 0 Å². The molecule has 0 heterocycles. The third-order valence-electron chi connectivity index (χ3n) is 3.83. The van der Waals surface area contributed by atoms with Gasteiger partial charge in [-0.15, -0.1) is 0 Å². The maximum absolute atomic E-state index is 13.6. The molecule has 1 atom stereocenters. The molecule has 1 N–H and O–H groups in total. The summed E-state index contributed by atoms with van der Waals surface area (Å²) in [6, 6.07) is 9.18. The lowest BCUT2D eigenvalue weighted by molar-refractivity contribution is -0.145. The fourth-order valence-electron chi connectivity index (χ4n) is 2.32. The van der Waals surface area contributed by atoms with Gasteiger partial charge in [-0.2, -0.15) is 0 Å². The van der Waals surface area contributed by atoms with E-state index in [0.29, 0.717) is 0 Å². The molecule has 2 rings (SSSR count). The number of esters is 1. The SMILES string of the molecule is CC(C)C(NC(=O)c1ccc(F)cc1)C(=O)OCC(=O)c1ccccc1F. The Bertz CT molecular complexity index is 834. The number of hydrogen-bond acceptors (Lipinski definition) is 4. The number of benzene rings is 2. The Kier molecular flexibility index (Phi) is 6.76. The molecule has 7 heteroatoms. The third-order valence-corrected chi connectivity index (χ3v) is 3.83. The van der Waals surface area contributed by atoms with Gasteiger partial charge in [0.25, 0.3) is 5.91 Å². The summed E-state index contributed by atoms with van der Waals surface area (Å²) < 4.78 is 31.5. The van der Waals surface area contributed by atoms with Gasteiger partial charge in [0.1, 0.15) is 17.7 Å². The molecular formula is C20H19F2NO4. The van der Waals surface area contributed by atoms with Gasteiger partial charge in [-0.1, -0.05) is 26.0 Å². The highest BCUT2D eigenvalue weighted by Gasteiger charge is 2.27. The van der Waals surface area contributed by atoms with Crippen molar-refractivity contribution in [1.29, 1.82) is 0 Å². The number of rotatable bonds is 7. The number of nitrogens with one attached hydrogen (secondary N) is 1. The van der Waals surface area contributed by atoms with E-state index in [1.54, 1.807) is 13.8 Å². The van der Waals surface area contributed by atoms with Crippen molar-refractivity contribution in [2.45, 2.75) is 19.9 Å². The minimum absolute atomic E-state index is 0.178. The predicted molar refractivity (Wildman–Crippen MR) is 94.2 cm³/mol. The van der Waals surface area contributed by atoms with Crippen LogP contribution in [-0.4, -0.2) is 30.3 Å². The van der Waals surface area contributed by atoms with Crippen LogP contribution >= 0.6 is 0 Å². The number of ketones is 1. The minimum atomic E-state index is -1.02. The van der Waals surface area contributed by atoms with E-state index >= 15 is 0 Å². The van der Waals surface area contributed by atoms with E-state index in [1.165, 1.54) is 30.3 Å². The standard InChI is InChI=1S/C20H19F2NO4/c1-12(2)18(23-19(25)13-7-9-14(21)10-8-13)20(26)27-11-17(24)15-5-3-4-6-16(15)22/h3-10,12,18H,11H2,1-2H3,(H,23,25). The van der Waals surface area contributed by atoms with Crippen LogP contribution in [0.5, 0.6) is 0 Å². The fraction of sp³-hybridized carbons (Fsp3) is 0.250. The van der Waals surface area contributed by atoms with Crippen LogP contribution in [0.3, 0.4) is 0 Å². The topological polar surface area (TPSA) is 72.5 Å². The summed E-state index contributed by atoms with van der Waals surface area (Å²) in [5, 5.41) is 2.51. The van der Waals surface area contributed by atoms with Crippen molar-refractivity contribution in [3.05, 3.63) is 71.3 Å². The molecule has 2 aromatic carbocycles. The summed E-state index contributed by atoms with van der Waals surface area (Å²) >= 11 is 0. The molecule has 1 amide bonds. The molecule has 0 aliphatic rings. The van der Waals surface area contributed by atoms with Crippen LogP contribution in [0, 0.1) is 17.6 Å². The van der Waals surface area contributed by atoms with Gasteiger partial charge in [-0.25, -0.2) is 13.6 Å². The van der Waals surface area contributed by atoms with E-state index in [0.717, 1.165) is 18.2 Å². The first kappa shape index (κ1) is 20.2. The van der Waals surface area contributed by atoms with Gasteiger partial charge < -0.3 is 10.1 Å². The first-order chi connectivity index (χ1) is 12.8. The highest BCUT2D eigenvalue weighted by atomic mass is 19.1. The van der Waals surface area contributed by atoms with Crippen molar-refractivity contribution < 1.29 is 27.9 Å². The lowest BCUT2D eigenvalue weighted by Crippen LogP contribution is -2.45.